The summed E-state index contributed by atoms with van der Waals surface area (Å²) in [6.45, 7) is 6.51. The lowest BCUT2D eigenvalue weighted by Crippen LogP contribution is -2.16. The van der Waals surface area contributed by atoms with Gasteiger partial charge in [-0.05, 0) is 43.5 Å². The average molecular weight is 293 g/mol. The molecular weight excluding hydrogens is 274 g/mol. The maximum atomic E-state index is 12.0. The maximum absolute atomic E-state index is 12.0. The van der Waals surface area contributed by atoms with E-state index in [2.05, 4.69) is 11.2 Å². The first-order valence-electron chi connectivity index (χ1n) is 7.30. The zero-order chi connectivity index (χ0) is 15.9. The molecule has 0 aliphatic carbocycles. The summed E-state index contributed by atoms with van der Waals surface area (Å²) in [7, 11) is 0. The number of primary amides is 1. The molecule has 4 heteroatoms. The van der Waals surface area contributed by atoms with E-state index in [0.29, 0.717) is 12.1 Å². The number of carbonyl (C=O) groups excluding carboxylic acids is 1. The van der Waals surface area contributed by atoms with Gasteiger partial charge in [0.1, 0.15) is 0 Å². The second-order valence-corrected chi connectivity index (χ2v) is 5.68. The molecule has 1 amide bonds. The predicted molar refractivity (Wildman–Crippen MR) is 88.0 cm³/mol. The van der Waals surface area contributed by atoms with E-state index in [1.54, 1.807) is 0 Å². The lowest BCUT2D eigenvalue weighted by molar-refractivity contribution is 0.100. The van der Waals surface area contributed by atoms with Crippen LogP contribution in [0.5, 0.6) is 0 Å². The molecule has 2 aromatic carbocycles. The molecule has 1 heterocycles. The van der Waals surface area contributed by atoms with Crippen molar-refractivity contribution < 1.29 is 4.79 Å². The summed E-state index contributed by atoms with van der Waals surface area (Å²) in [5.74, 6) is -0.402. The molecule has 1 aromatic heterocycles. The standard InChI is InChI=1S/C18H19N3O/c1-11-9-15-13(3)20-21(10-14-7-5-4-6-8-14)17(15)16(12(11)2)18(19)22/h4-9H,10H2,1-3H3,(H2,19,22). The van der Waals surface area contributed by atoms with Crippen molar-refractivity contribution >= 4 is 16.8 Å². The minimum Gasteiger partial charge on any atom is -0.366 e. The first-order valence-corrected chi connectivity index (χ1v) is 7.30. The SMILES string of the molecule is Cc1cc2c(C)nn(Cc3ccccc3)c2c(C(N)=O)c1C. The van der Waals surface area contributed by atoms with Gasteiger partial charge in [0.2, 0.25) is 0 Å². The maximum Gasteiger partial charge on any atom is 0.251 e. The molecular formula is C18H19N3O. The molecule has 0 atom stereocenters. The number of hydrogen-bond acceptors (Lipinski definition) is 2. The van der Waals surface area contributed by atoms with Crippen molar-refractivity contribution in [2.24, 2.45) is 5.73 Å². The quantitative estimate of drug-likeness (QED) is 0.806. The largest absolute Gasteiger partial charge is 0.366 e. The van der Waals surface area contributed by atoms with Crippen LogP contribution in [0.25, 0.3) is 10.9 Å². The summed E-state index contributed by atoms with van der Waals surface area (Å²) in [5, 5.41) is 5.61. The molecule has 0 saturated carbocycles. The van der Waals surface area contributed by atoms with E-state index >= 15 is 0 Å². The van der Waals surface area contributed by atoms with Gasteiger partial charge < -0.3 is 5.73 Å². The molecule has 0 spiro atoms. The van der Waals surface area contributed by atoms with Crippen molar-refractivity contribution in [3.8, 4) is 0 Å². The van der Waals surface area contributed by atoms with Gasteiger partial charge in [0.25, 0.3) is 5.91 Å². The van der Waals surface area contributed by atoms with Crippen LogP contribution in [0.3, 0.4) is 0 Å². The third kappa shape index (κ3) is 2.26. The van der Waals surface area contributed by atoms with Crippen molar-refractivity contribution in [2.45, 2.75) is 27.3 Å². The Morgan fingerprint density at radius 3 is 2.50 bits per heavy atom. The van der Waals surface area contributed by atoms with E-state index in [0.717, 1.165) is 33.3 Å². The highest BCUT2D eigenvalue weighted by atomic mass is 16.1. The zero-order valence-corrected chi connectivity index (χ0v) is 13.1. The van der Waals surface area contributed by atoms with Gasteiger partial charge in [-0.15, -0.1) is 0 Å². The number of aryl methyl sites for hydroxylation is 2. The molecule has 0 radical (unpaired) electrons. The van der Waals surface area contributed by atoms with Crippen LogP contribution in [0.1, 0.15) is 32.7 Å². The number of hydrogen-bond donors (Lipinski definition) is 1. The molecule has 3 rings (SSSR count). The monoisotopic (exact) mass is 293 g/mol. The molecule has 0 unspecified atom stereocenters. The highest BCUT2D eigenvalue weighted by Crippen LogP contribution is 2.28. The summed E-state index contributed by atoms with van der Waals surface area (Å²) >= 11 is 0. The van der Waals surface area contributed by atoms with Crippen LogP contribution >= 0.6 is 0 Å². The summed E-state index contributed by atoms with van der Waals surface area (Å²) in [6.07, 6.45) is 0. The lowest BCUT2D eigenvalue weighted by Gasteiger charge is -2.11. The lowest BCUT2D eigenvalue weighted by atomic mass is 9.98. The van der Waals surface area contributed by atoms with Crippen molar-refractivity contribution in [1.82, 2.24) is 9.78 Å². The van der Waals surface area contributed by atoms with Gasteiger partial charge in [0.05, 0.1) is 23.3 Å². The Hall–Kier alpha value is -2.62. The fraction of sp³-hybridized carbons (Fsp3) is 0.222. The second-order valence-electron chi connectivity index (χ2n) is 5.68. The summed E-state index contributed by atoms with van der Waals surface area (Å²) in [6, 6.07) is 12.2. The van der Waals surface area contributed by atoms with E-state index in [1.807, 2.05) is 55.8 Å². The third-order valence-electron chi connectivity index (χ3n) is 4.16. The number of rotatable bonds is 3. The van der Waals surface area contributed by atoms with E-state index < -0.39 is 5.91 Å². The Morgan fingerprint density at radius 1 is 1.18 bits per heavy atom. The second kappa shape index (κ2) is 5.30. The summed E-state index contributed by atoms with van der Waals surface area (Å²) in [4.78, 5) is 12.0. The fourth-order valence-electron chi connectivity index (χ4n) is 2.90. The Morgan fingerprint density at radius 2 is 1.86 bits per heavy atom. The Kier molecular flexibility index (Phi) is 3.45. The predicted octanol–water partition coefficient (Wildman–Crippen LogP) is 3.11. The first kappa shape index (κ1) is 14.3. The molecule has 0 aliphatic rings. The number of fused-ring (bicyclic) bond motifs is 1. The molecule has 3 aromatic rings. The number of amides is 1. The number of benzene rings is 2. The van der Waals surface area contributed by atoms with Gasteiger partial charge in [0.15, 0.2) is 0 Å². The molecule has 2 N–H and O–H groups in total. The molecule has 0 bridgehead atoms. The van der Waals surface area contributed by atoms with E-state index in [9.17, 15) is 4.79 Å². The Balaban J connectivity index is 2.28. The van der Waals surface area contributed by atoms with E-state index in [1.165, 1.54) is 0 Å². The van der Waals surface area contributed by atoms with Crippen molar-refractivity contribution in [1.29, 1.82) is 0 Å². The minimum absolute atomic E-state index is 0.402. The minimum atomic E-state index is -0.402. The van der Waals surface area contributed by atoms with Crippen molar-refractivity contribution in [2.75, 3.05) is 0 Å². The van der Waals surface area contributed by atoms with Gasteiger partial charge in [-0.2, -0.15) is 5.10 Å². The molecule has 0 saturated heterocycles. The number of carbonyl (C=O) groups is 1. The normalized spacial score (nSPS) is 11.0. The van der Waals surface area contributed by atoms with Crippen molar-refractivity contribution in [3.05, 3.63) is 64.3 Å². The number of aromatic nitrogens is 2. The Labute approximate surface area is 129 Å². The summed E-state index contributed by atoms with van der Waals surface area (Å²) < 4.78 is 1.88. The first-order chi connectivity index (χ1) is 10.5. The fourth-order valence-corrected chi connectivity index (χ4v) is 2.90. The van der Waals surface area contributed by atoms with Gasteiger partial charge in [-0.1, -0.05) is 30.3 Å². The highest BCUT2D eigenvalue weighted by molar-refractivity contribution is 6.07. The van der Waals surface area contributed by atoms with Gasteiger partial charge in [0, 0.05) is 5.39 Å². The van der Waals surface area contributed by atoms with Crippen LogP contribution in [0.15, 0.2) is 36.4 Å². The molecule has 0 aliphatic heterocycles. The third-order valence-corrected chi connectivity index (χ3v) is 4.16. The van der Waals surface area contributed by atoms with Crippen LogP contribution in [-0.2, 0) is 6.54 Å². The molecule has 4 nitrogen and oxygen atoms in total. The average Bonchev–Trinajstić information content (AvgIpc) is 2.77. The van der Waals surface area contributed by atoms with Crippen LogP contribution in [-0.4, -0.2) is 15.7 Å². The van der Waals surface area contributed by atoms with Gasteiger partial charge in [-0.25, -0.2) is 0 Å². The van der Waals surface area contributed by atoms with Crippen LogP contribution < -0.4 is 5.73 Å². The molecule has 0 fully saturated rings. The topological polar surface area (TPSA) is 60.9 Å². The smallest absolute Gasteiger partial charge is 0.251 e. The van der Waals surface area contributed by atoms with E-state index in [-0.39, 0.29) is 0 Å². The van der Waals surface area contributed by atoms with Crippen LogP contribution in [0.2, 0.25) is 0 Å². The van der Waals surface area contributed by atoms with Gasteiger partial charge >= 0.3 is 0 Å². The summed E-state index contributed by atoms with van der Waals surface area (Å²) in [5.41, 5.74) is 11.1. The Bertz CT molecular complexity index is 863. The zero-order valence-electron chi connectivity index (χ0n) is 13.1. The molecule has 112 valence electrons. The van der Waals surface area contributed by atoms with Crippen LogP contribution in [0.4, 0.5) is 0 Å². The van der Waals surface area contributed by atoms with E-state index in [4.69, 9.17) is 5.73 Å². The highest BCUT2D eigenvalue weighted by Gasteiger charge is 2.19. The van der Waals surface area contributed by atoms with Gasteiger partial charge in [-0.3, -0.25) is 9.48 Å². The number of nitrogens with two attached hydrogens (primary N) is 1. The van der Waals surface area contributed by atoms with Crippen LogP contribution in [0, 0.1) is 20.8 Å². The van der Waals surface area contributed by atoms with Crippen molar-refractivity contribution in [3.63, 3.8) is 0 Å². The number of nitrogens with zero attached hydrogens (tertiary/aromatic N) is 2. The molecule has 22 heavy (non-hydrogen) atoms.